The number of para-hydroxylation sites is 2. The summed E-state index contributed by atoms with van der Waals surface area (Å²) in [7, 11) is 0. The number of hydrogen-bond acceptors (Lipinski definition) is 5. The summed E-state index contributed by atoms with van der Waals surface area (Å²) < 4.78 is 7.07. The predicted molar refractivity (Wildman–Crippen MR) is 242 cm³/mol. The molecule has 7 aromatic carbocycles. The highest BCUT2D eigenvalue weighted by molar-refractivity contribution is 5.81. The minimum absolute atomic E-state index is 0.00685. The first-order chi connectivity index (χ1) is 28.9. The molecule has 0 atom stereocenters. The van der Waals surface area contributed by atoms with Crippen molar-refractivity contribution < 1.29 is 4.74 Å². The van der Waals surface area contributed by atoms with Crippen LogP contribution in [0, 0.1) is 11.3 Å². The van der Waals surface area contributed by atoms with E-state index in [1.807, 2.05) is 48.5 Å². The minimum Gasteiger partial charge on any atom is -0.456 e. The molecular weight excluding hydrogens is 733 g/mol. The van der Waals surface area contributed by atoms with Crippen LogP contribution in [-0.4, -0.2) is 15.0 Å². The van der Waals surface area contributed by atoms with Gasteiger partial charge in [0.25, 0.3) is 0 Å². The summed E-state index contributed by atoms with van der Waals surface area (Å²) in [5.74, 6) is 3.29. The summed E-state index contributed by atoms with van der Waals surface area (Å²) in [6.45, 7) is 13.6. The second-order valence-corrected chi connectivity index (χ2v) is 17.6. The van der Waals surface area contributed by atoms with E-state index in [0.717, 1.165) is 50.4 Å². The fourth-order valence-corrected chi connectivity index (χ4v) is 8.39. The molecule has 0 N–H and O–H groups in total. The molecular formula is C55H46N4O. The third-order valence-corrected chi connectivity index (χ3v) is 11.7. The molecule has 0 fully saturated rings. The molecule has 0 amide bonds. The van der Waals surface area contributed by atoms with E-state index in [0.29, 0.717) is 23.0 Å². The van der Waals surface area contributed by atoms with Gasteiger partial charge in [0.15, 0.2) is 17.5 Å². The Morgan fingerprint density at radius 2 is 0.950 bits per heavy atom. The number of nitriles is 1. The van der Waals surface area contributed by atoms with Gasteiger partial charge in [0.05, 0.1) is 17.0 Å². The summed E-state index contributed by atoms with van der Waals surface area (Å²) in [4.78, 5) is 15.0. The second kappa shape index (κ2) is 14.9. The van der Waals surface area contributed by atoms with Crippen LogP contribution in [0.5, 0.6) is 11.5 Å². The number of fused-ring (bicyclic) bond motifs is 2. The maximum atomic E-state index is 9.44. The molecule has 1 aliphatic rings. The topological polar surface area (TPSA) is 71.7 Å². The summed E-state index contributed by atoms with van der Waals surface area (Å²) in [6, 6.07) is 61.3. The van der Waals surface area contributed by atoms with Crippen LogP contribution < -0.4 is 4.74 Å². The van der Waals surface area contributed by atoms with Crippen LogP contribution >= 0.6 is 0 Å². The lowest BCUT2D eigenvalue weighted by Crippen LogP contribution is -2.34. The highest BCUT2D eigenvalue weighted by Gasteiger charge is 2.46. The van der Waals surface area contributed by atoms with Gasteiger partial charge in [-0.05, 0) is 75.0 Å². The van der Waals surface area contributed by atoms with Crippen LogP contribution in [0.1, 0.15) is 80.5 Å². The van der Waals surface area contributed by atoms with Crippen LogP contribution in [0.4, 0.5) is 0 Å². The molecule has 2 heterocycles. The Labute approximate surface area is 353 Å². The van der Waals surface area contributed by atoms with Crippen molar-refractivity contribution in [2.75, 3.05) is 0 Å². The first-order valence-electron chi connectivity index (χ1n) is 20.5. The summed E-state index contributed by atoms with van der Waals surface area (Å²) in [5, 5.41) is 9.44. The van der Waals surface area contributed by atoms with Crippen LogP contribution in [0.15, 0.2) is 170 Å². The van der Waals surface area contributed by atoms with Gasteiger partial charge in [0, 0.05) is 33.4 Å². The average molecular weight is 779 g/mol. The number of ether oxygens (including phenoxy) is 1. The molecule has 9 rings (SSSR count). The van der Waals surface area contributed by atoms with E-state index < -0.39 is 5.41 Å². The van der Waals surface area contributed by atoms with Gasteiger partial charge in [-0.3, -0.25) is 0 Å². The SMILES string of the molecule is CC(C)(C)c1ccc(C2(c3ccc(C(C)(C)C)cc3)c3ccccc3Oc3c(-c4cccc(-c5nc(-c6ccccc6)nc(-c6ccc(C#N)cc6)n5)c4)cccc32)cc1. The van der Waals surface area contributed by atoms with Gasteiger partial charge in [-0.15, -0.1) is 0 Å². The van der Waals surface area contributed by atoms with Crippen molar-refractivity contribution >= 4 is 0 Å². The molecule has 0 aliphatic carbocycles. The standard InChI is InChI=1S/C55H46N4O/c1-53(2,3)41-26-30-43(31-27-41)55(44-32-28-42(29-33-44)54(4,5)6)46-19-10-11-21-48(46)60-49-45(18-13-20-47(49)55)39-16-12-17-40(34-39)52-58-50(37-14-8-7-9-15-37)57-51(59-52)38-24-22-36(35-56)23-25-38/h7-34H,1-6H3. The van der Waals surface area contributed by atoms with Crippen molar-refractivity contribution in [3.8, 4) is 62.9 Å². The Morgan fingerprint density at radius 3 is 1.53 bits per heavy atom. The fraction of sp³-hybridized carbons (Fsp3) is 0.164. The molecule has 8 aromatic rings. The first-order valence-corrected chi connectivity index (χ1v) is 20.5. The van der Waals surface area contributed by atoms with Gasteiger partial charge >= 0.3 is 0 Å². The van der Waals surface area contributed by atoms with Crippen molar-refractivity contribution in [2.45, 2.75) is 57.8 Å². The molecule has 0 spiro atoms. The molecule has 1 aromatic heterocycles. The zero-order valence-corrected chi connectivity index (χ0v) is 34.9. The molecule has 0 saturated carbocycles. The zero-order chi connectivity index (χ0) is 41.6. The normalized spacial score (nSPS) is 13.1. The van der Waals surface area contributed by atoms with E-state index in [-0.39, 0.29) is 10.8 Å². The fourth-order valence-electron chi connectivity index (χ4n) is 8.39. The van der Waals surface area contributed by atoms with Crippen molar-refractivity contribution in [3.05, 3.63) is 209 Å². The summed E-state index contributed by atoms with van der Waals surface area (Å²) in [5.41, 5.74) is 11.5. The Hall–Kier alpha value is -7.16. The van der Waals surface area contributed by atoms with E-state index in [9.17, 15) is 5.26 Å². The first kappa shape index (κ1) is 38.4. The Morgan fingerprint density at radius 1 is 0.467 bits per heavy atom. The van der Waals surface area contributed by atoms with E-state index in [4.69, 9.17) is 19.7 Å². The quantitative estimate of drug-likeness (QED) is 0.168. The molecule has 60 heavy (non-hydrogen) atoms. The summed E-state index contributed by atoms with van der Waals surface area (Å²) in [6.07, 6.45) is 0. The second-order valence-electron chi connectivity index (χ2n) is 17.6. The van der Waals surface area contributed by atoms with Gasteiger partial charge in [0.2, 0.25) is 0 Å². The van der Waals surface area contributed by atoms with Crippen molar-refractivity contribution in [1.29, 1.82) is 5.26 Å². The molecule has 5 nitrogen and oxygen atoms in total. The molecule has 0 radical (unpaired) electrons. The predicted octanol–water partition coefficient (Wildman–Crippen LogP) is 13.5. The lowest BCUT2D eigenvalue weighted by molar-refractivity contribution is 0.436. The monoisotopic (exact) mass is 778 g/mol. The van der Waals surface area contributed by atoms with Crippen LogP contribution in [-0.2, 0) is 16.2 Å². The molecule has 5 heteroatoms. The lowest BCUT2D eigenvalue weighted by Gasteiger charge is -2.42. The van der Waals surface area contributed by atoms with Gasteiger partial charge in [-0.25, -0.2) is 15.0 Å². The maximum Gasteiger partial charge on any atom is 0.164 e. The van der Waals surface area contributed by atoms with Crippen LogP contribution in [0.2, 0.25) is 0 Å². The van der Waals surface area contributed by atoms with Gasteiger partial charge in [-0.1, -0.05) is 175 Å². The molecule has 292 valence electrons. The Balaban J connectivity index is 1.25. The zero-order valence-electron chi connectivity index (χ0n) is 34.9. The Bertz CT molecular complexity index is 2840. The minimum atomic E-state index is -0.681. The van der Waals surface area contributed by atoms with Crippen molar-refractivity contribution in [3.63, 3.8) is 0 Å². The molecule has 0 saturated heterocycles. The van der Waals surface area contributed by atoms with E-state index >= 15 is 0 Å². The maximum absolute atomic E-state index is 9.44. The van der Waals surface area contributed by atoms with E-state index in [1.165, 1.54) is 22.3 Å². The van der Waals surface area contributed by atoms with Crippen molar-refractivity contribution in [1.82, 2.24) is 15.0 Å². The average Bonchev–Trinajstić information content (AvgIpc) is 3.28. The lowest BCUT2D eigenvalue weighted by atomic mass is 9.62. The number of nitrogens with zero attached hydrogens (tertiary/aromatic N) is 4. The number of benzene rings is 7. The summed E-state index contributed by atoms with van der Waals surface area (Å²) >= 11 is 0. The van der Waals surface area contributed by atoms with Gasteiger partial charge in [-0.2, -0.15) is 5.26 Å². The van der Waals surface area contributed by atoms with E-state index in [1.54, 1.807) is 12.1 Å². The van der Waals surface area contributed by atoms with E-state index in [2.05, 4.69) is 157 Å². The van der Waals surface area contributed by atoms with Crippen LogP contribution in [0.3, 0.4) is 0 Å². The number of rotatable bonds is 6. The molecule has 0 unspecified atom stereocenters. The third kappa shape index (κ3) is 6.84. The van der Waals surface area contributed by atoms with Crippen LogP contribution in [0.25, 0.3) is 45.3 Å². The largest absolute Gasteiger partial charge is 0.456 e. The number of aromatic nitrogens is 3. The number of hydrogen-bond donors (Lipinski definition) is 0. The van der Waals surface area contributed by atoms with Crippen molar-refractivity contribution in [2.24, 2.45) is 0 Å². The molecule has 1 aliphatic heterocycles. The Kier molecular flexibility index (Phi) is 9.52. The van der Waals surface area contributed by atoms with Gasteiger partial charge < -0.3 is 4.74 Å². The third-order valence-electron chi connectivity index (χ3n) is 11.7. The molecule has 0 bridgehead atoms. The van der Waals surface area contributed by atoms with Gasteiger partial charge in [0.1, 0.15) is 11.5 Å². The highest BCUT2D eigenvalue weighted by Crippen LogP contribution is 2.57. The highest BCUT2D eigenvalue weighted by atomic mass is 16.5. The smallest absolute Gasteiger partial charge is 0.164 e.